The van der Waals surface area contributed by atoms with Gasteiger partial charge in [-0.15, -0.1) is 0 Å². The van der Waals surface area contributed by atoms with Crippen LogP contribution in [-0.4, -0.2) is 14.2 Å². The van der Waals surface area contributed by atoms with Crippen LogP contribution >= 0.6 is 0 Å². The molecule has 0 spiro atoms. The second kappa shape index (κ2) is 7.19. The number of rotatable bonds is 5. The fourth-order valence-electron chi connectivity index (χ4n) is 1.76. The molecule has 0 atom stereocenters. The smallest absolute Gasteiger partial charge is 0.118 e. The Morgan fingerprint density at radius 1 is 0.600 bits per heavy atom. The second-order valence-corrected chi connectivity index (χ2v) is 4.26. The van der Waals surface area contributed by atoms with E-state index in [-0.39, 0.29) is 0 Å². The highest BCUT2D eigenvalue weighted by Crippen LogP contribution is 2.14. The lowest BCUT2D eigenvalue weighted by atomic mass is 10.2. The lowest BCUT2D eigenvalue weighted by Crippen LogP contribution is -1.81. The highest BCUT2D eigenvalue weighted by atomic mass is 16.5. The summed E-state index contributed by atoms with van der Waals surface area (Å²) >= 11 is 0. The average molecular weight is 266 g/mol. The minimum Gasteiger partial charge on any atom is -0.497 e. The molecular formula is C18H18O2. The Labute approximate surface area is 120 Å². The van der Waals surface area contributed by atoms with Gasteiger partial charge in [-0.05, 0) is 35.4 Å². The molecule has 0 bridgehead atoms. The molecule has 0 aliphatic rings. The van der Waals surface area contributed by atoms with E-state index in [4.69, 9.17) is 9.47 Å². The maximum atomic E-state index is 5.12. The van der Waals surface area contributed by atoms with Crippen molar-refractivity contribution in [3.05, 3.63) is 71.8 Å². The molecule has 0 aliphatic heterocycles. The predicted octanol–water partition coefficient (Wildman–Crippen LogP) is 4.43. The van der Waals surface area contributed by atoms with E-state index in [0.29, 0.717) is 0 Å². The molecule has 0 heterocycles. The molecule has 0 amide bonds. The molecule has 0 fully saturated rings. The summed E-state index contributed by atoms with van der Waals surface area (Å²) in [6.45, 7) is 0. The number of hydrogen-bond acceptors (Lipinski definition) is 2. The summed E-state index contributed by atoms with van der Waals surface area (Å²) in [6, 6.07) is 15.9. The van der Waals surface area contributed by atoms with E-state index in [0.717, 1.165) is 22.6 Å². The Hall–Kier alpha value is -2.48. The quantitative estimate of drug-likeness (QED) is 0.745. The van der Waals surface area contributed by atoms with Crippen LogP contribution in [0.5, 0.6) is 11.5 Å². The van der Waals surface area contributed by atoms with Crippen molar-refractivity contribution in [2.24, 2.45) is 0 Å². The third kappa shape index (κ3) is 4.02. The number of hydrogen-bond donors (Lipinski definition) is 0. The lowest BCUT2D eigenvalue weighted by molar-refractivity contribution is 0.414. The van der Waals surface area contributed by atoms with Crippen molar-refractivity contribution in [2.75, 3.05) is 14.2 Å². The highest BCUT2D eigenvalue weighted by molar-refractivity contribution is 5.58. The van der Waals surface area contributed by atoms with E-state index in [1.54, 1.807) is 14.2 Å². The largest absolute Gasteiger partial charge is 0.497 e. The first-order chi connectivity index (χ1) is 9.81. The van der Waals surface area contributed by atoms with Crippen LogP contribution in [0.2, 0.25) is 0 Å². The standard InChI is InChI=1S/C18H18O2/c1-19-17-11-7-15(8-12-17)5-3-4-6-16-9-13-18(20-2)14-10-16/h3-14H,1-2H3. The first-order valence-electron chi connectivity index (χ1n) is 6.44. The molecule has 20 heavy (non-hydrogen) atoms. The van der Waals surface area contributed by atoms with Crippen molar-refractivity contribution in [3.63, 3.8) is 0 Å². The van der Waals surface area contributed by atoms with Crippen LogP contribution in [0.1, 0.15) is 11.1 Å². The molecule has 0 saturated carbocycles. The Morgan fingerprint density at radius 3 is 1.25 bits per heavy atom. The van der Waals surface area contributed by atoms with Gasteiger partial charge in [0.25, 0.3) is 0 Å². The molecule has 102 valence electrons. The van der Waals surface area contributed by atoms with Crippen molar-refractivity contribution < 1.29 is 9.47 Å². The summed E-state index contributed by atoms with van der Waals surface area (Å²) in [4.78, 5) is 0. The Morgan fingerprint density at radius 2 is 0.950 bits per heavy atom. The first kappa shape index (κ1) is 13.9. The number of benzene rings is 2. The van der Waals surface area contributed by atoms with E-state index in [2.05, 4.69) is 12.2 Å². The number of allylic oxidation sites excluding steroid dienone is 2. The highest BCUT2D eigenvalue weighted by Gasteiger charge is 1.90. The first-order valence-corrected chi connectivity index (χ1v) is 6.44. The summed E-state index contributed by atoms with van der Waals surface area (Å²) in [6.07, 6.45) is 8.15. The van der Waals surface area contributed by atoms with Crippen molar-refractivity contribution in [2.45, 2.75) is 0 Å². The van der Waals surface area contributed by atoms with Gasteiger partial charge in [0.15, 0.2) is 0 Å². The van der Waals surface area contributed by atoms with Crippen molar-refractivity contribution in [3.8, 4) is 11.5 Å². The van der Waals surface area contributed by atoms with Crippen molar-refractivity contribution in [1.82, 2.24) is 0 Å². The Kier molecular flexibility index (Phi) is 5.01. The van der Waals surface area contributed by atoms with Crippen LogP contribution in [-0.2, 0) is 0 Å². The topological polar surface area (TPSA) is 18.5 Å². The Bertz CT molecular complexity index is 522. The molecule has 2 rings (SSSR count). The maximum absolute atomic E-state index is 5.12. The minimum absolute atomic E-state index is 0.871. The van der Waals surface area contributed by atoms with Crippen LogP contribution in [0.25, 0.3) is 12.2 Å². The molecular weight excluding hydrogens is 248 g/mol. The molecule has 2 aromatic rings. The van der Waals surface area contributed by atoms with Gasteiger partial charge in [0.05, 0.1) is 14.2 Å². The summed E-state index contributed by atoms with van der Waals surface area (Å²) in [7, 11) is 3.34. The molecule has 0 aromatic heterocycles. The van der Waals surface area contributed by atoms with E-state index >= 15 is 0 Å². The zero-order chi connectivity index (χ0) is 14.2. The number of ether oxygens (including phenoxy) is 2. The molecule has 2 nitrogen and oxygen atoms in total. The van der Waals surface area contributed by atoms with Gasteiger partial charge in [-0.1, -0.05) is 48.6 Å². The van der Waals surface area contributed by atoms with Crippen LogP contribution in [0, 0.1) is 0 Å². The van der Waals surface area contributed by atoms with Gasteiger partial charge in [0.2, 0.25) is 0 Å². The summed E-state index contributed by atoms with van der Waals surface area (Å²) < 4.78 is 10.2. The van der Waals surface area contributed by atoms with Crippen LogP contribution < -0.4 is 9.47 Å². The molecule has 0 aliphatic carbocycles. The monoisotopic (exact) mass is 266 g/mol. The van der Waals surface area contributed by atoms with Gasteiger partial charge in [0, 0.05) is 0 Å². The van der Waals surface area contributed by atoms with Crippen LogP contribution in [0.4, 0.5) is 0 Å². The van der Waals surface area contributed by atoms with E-state index in [1.807, 2.05) is 60.7 Å². The third-order valence-electron chi connectivity index (χ3n) is 2.92. The fraction of sp³-hybridized carbons (Fsp3) is 0.111. The van der Waals surface area contributed by atoms with Crippen molar-refractivity contribution >= 4 is 12.2 Å². The number of methoxy groups -OCH3 is 2. The van der Waals surface area contributed by atoms with Crippen LogP contribution in [0.15, 0.2) is 60.7 Å². The maximum Gasteiger partial charge on any atom is 0.118 e. The molecule has 0 unspecified atom stereocenters. The van der Waals surface area contributed by atoms with E-state index < -0.39 is 0 Å². The van der Waals surface area contributed by atoms with Gasteiger partial charge in [0.1, 0.15) is 11.5 Å². The minimum atomic E-state index is 0.871. The molecule has 2 heteroatoms. The summed E-state index contributed by atoms with van der Waals surface area (Å²) in [5, 5.41) is 0. The van der Waals surface area contributed by atoms with Gasteiger partial charge < -0.3 is 9.47 Å². The van der Waals surface area contributed by atoms with Gasteiger partial charge >= 0.3 is 0 Å². The normalized spacial score (nSPS) is 11.1. The van der Waals surface area contributed by atoms with E-state index in [1.165, 1.54) is 0 Å². The predicted molar refractivity (Wildman–Crippen MR) is 84.1 cm³/mol. The summed E-state index contributed by atoms with van der Waals surface area (Å²) in [5.41, 5.74) is 2.29. The Balaban J connectivity index is 1.95. The fourth-order valence-corrected chi connectivity index (χ4v) is 1.76. The summed E-state index contributed by atoms with van der Waals surface area (Å²) in [5.74, 6) is 1.74. The average Bonchev–Trinajstić information content (AvgIpc) is 2.53. The van der Waals surface area contributed by atoms with Gasteiger partial charge in [-0.3, -0.25) is 0 Å². The van der Waals surface area contributed by atoms with E-state index in [9.17, 15) is 0 Å². The van der Waals surface area contributed by atoms with Crippen molar-refractivity contribution in [1.29, 1.82) is 0 Å². The lowest BCUT2D eigenvalue weighted by Gasteiger charge is -1.99. The van der Waals surface area contributed by atoms with Gasteiger partial charge in [-0.25, -0.2) is 0 Å². The molecule has 0 radical (unpaired) electrons. The molecule has 0 N–H and O–H groups in total. The SMILES string of the molecule is COc1ccc(C=CC=Cc2ccc(OC)cc2)cc1. The molecule has 0 saturated heterocycles. The molecule has 2 aromatic carbocycles. The van der Waals surface area contributed by atoms with Crippen LogP contribution in [0.3, 0.4) is 0 Å². The third-order valence-corrected chi connectivity index (χ3v) is 2.92. The zero-order valence-electron chi connectivity index (χ0n) is 11.7. The zero-order valence-corrected chi connectivity index (χ0v) is 11.7. The van der Waals surface area contributed by atoms with Gasteiger partial charge in [-0.2, -0.15) is 0 Å². The second-order valence-electron chi connectivity index (χ2n) is 4.26.